The van der Waals surface area contributed by atoms with Crippen molar-refractivity contribution < 1.29 is 19.4 Å². The maximum atomic E-state index is 12.4. The highest BCUT2D eigenvalue weighted by molar-refractivity contribution is 5.60. The average Bonchev–Trinajstić information content (AvgIpc) is 2.91. The minimum atomic E-state index is -0.462. The molecule has 0 radical (unpaired) electrons. The molecule has 2 heterocycles. The van der Waals surface area contributed by atoms with Crippen molar-refractivity contribution in [3.63, 3.8) is 0 Å². The summed E-state index contributed by atoms with van der Waals surface area (Å²) in [6.45, 7) is 6.02. The van der Waals surface area contributed by atoms with Crippen LogP contribution in [0.3, 0.4) is 0 Å². The fourth-order valence-electron chi connectivity index (χ4n) is 6.49. The maximum Gasteiger partial charge on any atom is 0.135 e. The Balaban J connectivity index is 1.75. The SMILES string of the molecule is C=CC[N@@+]1(C)CC[C@]23c4c5ccc([O-])c4OC2[C@H](O)CC[C@@H]3[C@H]1C5. The predicted molar refractivity (Wildman–Crippen MR) is 88.9 cm³/mol. The largest absolute Gasteiger partial charge is 0.870 e. The standard InChI is InChI=1S/C20H25NO3/c1-3-9-21(2)10-8-20-13-5-7-16(23)19(20)24-18-15(22)6-4-12(17(18)20)11-14(13)21/h3-4,6,13-14,16,19,23H,1,5,7-11H2,2H3/t13-,14-,16-,19?,20+,21+/m1/s1. The highest BCUT2D eigenvalue weighted by atomic mass is 16.5. The number of quaternary nitrogens is 1. The van der Waals surface area contributed by atoms with E-state index in [-0.39, 0.29) is 17.3 Å². The summed E-state index contributed by atoms with van der Waals surface area (Å²) in [4.78, 5) is 0. The molecule has 1 N–H and O–H groups in total. The summed E-state index contributed by atoms with van der Waals surface area (Å²) in [7, 11) is 2.35. The van der Waals surface area contributed by atoms with Gasteiger partial charge in [0.1, 0.15) is 11.9 Å². The molecule has 1 aromatic carbocycles. The van der Waals surface area contributed by atoms with Crippen LogP contribution in [0.25, 0.3) is 0 Å². The van der Waals surface area contributed by atoms with Gasteiger partial charge in [-0.1, -0.05) is 24.5 Å². The second-order valence-electron chi connectivity index (χ2n) is 8.45. The quantitative estimate of drug-likeness (QED) is 0.661. The number of ether oxygens (including phenoxy) is 1. The normalized spacial score (nSPS) is 44.6. The van der Waals surface area contributed by atoms with Crippen molar-refractivity contribution in [2.75, 3.05) is 20.1 Å². The average molecular weight is 327 g/mol. The van der Waals surface area contributed by atoms with Crippen LogP contribution in [-0.4, -0.2) is 48.0 Å². The highest BCUT2D eigenvalue weighted by Crippen LogP contribution is 2.64. The van der Waals surface area contributed by atoms with E-state index in [0.717, 1.165) is 48.8 Å². The third kappa shape index (κ3) is 1.52. The van der Waals surface area contributed by atoms with Crippen LogP contribution in [0.15, 0.2) is 24.8 Å². The Hall–Kier alpha value is -1.52. The molecule has 1 saturated heterocycles. The van der Waals surface area contributed by atoms with Crippen LogP contribution in [0.5, 0.6) is 11.5 Å². The van der Waals surface area contributed by atoms with Crippen molar-refractivity contribution >= 4 is 0 Å². The van der Waals surface area contributed by atoms with Crippen molar-refractivity contribution in [3.8, 4) is 11.5 Å². The molecule has 1 aromatic rings. The Labute approximate surface area is 142 Å². The van der Waals surface area contributed by atoms with E-state index < -0.39 is 6.10 Å². The number of piperidine rings is 1. The van der Waals surface area contributed by atoms with E-state index >= 15 is 0 Å². The lowest BCUT2D eigenvalue weighted by Gasteiger charge is -2.61. The first kappa shape index (κ1) is 14.8. The zero-order chi connectivity index (χ0) is 16.7. The van der Waals surface area contributed by atoms with Crippen molar-refractivity contribution in [2.45, 2.75) is 49.3 Å². The Bertz CT molecular complexity index is 732. The van der Waals surface area contributed by atoms with Gasteiger partial charge >= 0.3 is 0 Å². The summed E-state index contributed by atoms with van der Waals surface area (Å²) in [5.74, 6) is 1.01. The van der Waals surface area contributed by atoms with Gasteiger partial charge in [-0.2, -0.15) is 0 Å². The number of likely N-dealkylation sites (tertiary alicyclic amines) is 1. The molecule has 2 fully saturated rings. The topological polar surface area (TPSA) is 52.5 Å². The second kappa shape index (κ2) is 4.55. The molecule has 128 valence electrons. The molecule has 4 heteroatoms. The first-order valence-corrected chi connectivity index (χ1v) is 9.14. The number of nitrogens with zero attached hydrogens (tertiary/aromatic N) is 1. The Morgan fingerprint density at radius 2 is 2.29 bits per heavy atom. The first-order chi connectivity index (χ1) is 11.5. The van der Waals surface area contributed by atoms with Gasteiger partial charge in [-0.15, -0.1) is 0 Å². The van der Waals surface area contributed by atoms with Crippen LogP contribution in [-0.2, 0) is 11.8 Å². The number of aliphatic hydroxyl groups is 1. The van der Waals surface area contributed by atoms with E-state index in [1.165, 1.54) is 5.56 Å². The lowest BCUT2D eigenvalue weighted by molar-refractivity contribution is -0.940. The van der Waals surface area contributed by atoms with Crippen LogP contribution in [0.4, 0.5) is 0 Å². The minimum Gasteiger partial charge on any atom is -0.870 e. The Kier molecular flexibility index (Phi) is 2.81. The van der Waals surface area contributed by atoms with Gasteiger partial charge in [0.15, 0.2) is 0 Å². The van der Waals surface area contributed by atoms with Crippen molar-refractivity contribution in [1.29, 1.82) is 0 Å². The number of likely N-dealkylation sites (N-methyl/N-ethyl adjacent to an activating group) is 1. The van der Waals surface area contributed by atoms with Gasteiger partial charge in [0.25, 0.3) is 0 Å². The maximum absolute atomic E-state index is 12.4. The van der Waals surface area contributed by atoms with Gasteiger partial charge in [-0.05, 0) is 24.5 Å². The zero-order valence-electron chi connectivity index (χ0n) is 14.2. The molecule has 0 aromatic heterocycles. The smallest absolute Gasteiger partial charge is 0.135 e. The lowest BCUT2D eigenvalue weighted by atomic mass is 9.51. The summed E-state index contributed by atoms with van der Waals surface area (Å²) >= 11 is 0. The molecule has 4 aliphatic rings. The molecule has 1 saturated carbocycles. The number of aliphatic hydroxyl groups excluding tert-OH is 1. The molecular formula is C20H25NO3. The van der Waals surface area contributed by atoms with E-state index in [9.17, 15) is 10.2 Å². The van der Waals surface area contributed by atoms with Crippen LogP contribution in [0, 0.1) is 5.92 Å². The molecule has 24 heavy (non-hydrogen) atoms. The molecule has 0 amide bonds. The number of benzene rings is 1. The first-order valence-electron chi connectivity index (χ1n) is 9.14. The third-order valence-electron chi connectivity index (χ3n) is 7.49. The molecule has 1 unspecified atom stereocenters. The molecular weight excluding hydrogens is 302 g/mol. The molecule has 2 aliphatic carbocycles. The predicted octanol–water partition coefficient (Wildman–Crippen LogP) is 1.49. The van der Waals surface area contributed by atoms with Crippen LogP contribution < -0.4 is 9.84 Å². The summed E-state index contributed by atoms with van der Waals surface area (Å²) in [5.41, 5.74) is 2.28. The van der Waals surface area contributed by atoms with Gasteiger partial charge in [-0.25, -0.2) is 0 Å². The zero-order valence-corrected chi connectivity index (χ0v) is 14.2. The molecule has 1 spiro atoms. The van der Waals surface area contributed by atoms with Crippen molar-refractivity contribution in [1.82, 2.24) is 0 Å². The molecule has 5 rings (SSSR count). The van der Waals surface area contributed by atoms with E-state index in [4.69, 9.17) is 4.74 Å². The van der Waals surface area contributed by atoms with Crippen molar-refractivity contribution in [2.24, 2.45) is 5.92 Å². The lowest BCUT2D eigenvalue weighted by Crippen LogP contribution is -2.72. The highest BCUT2D eigenvalue weighted by Gasteiger charge is 2.68. The molecule has 2 aliphatic heterocycles. The summed E-state index contributed by atoms with van der Waals surface area (Å²) in [5, 5.41) is 23.1. The molecule has 6 atom stereocenters. The fraction of sp³-hybridized carbons (Fsp3) is 0.600. The van der Waals surface area contributed by atoms with E-state index in [1.54, 1.807) is 6.07 Å². The summed E-state index contributed by atoms with van der Waals surface area (Å²) in [6.07, 6.45) is 5.14. The van der Waals surface area contributed by atoms with Crippen LogP contribution in [0.2, 0.25) is 0 Å². The van der Waals surface area contributed by atoms with Crippen LogP contribution >= 0.6 is 0 Å². The third-order valence-corrected chi connectivity index (χ3v) is 7.49. The van der Waals surface area contributed by atoms with Gasteiger partial charge in [0.2, 0.25) is 0 Å². The van der Waals surface area contributed by atoms with Gasteiger partial charge in [0, 0.05) is 24.3 Å². The van der Waals surface area contributed by atoms with Gasteiger partial charge < -0.3 is 19.4 Å². The number of rotatable bonds is 2. The number of hydrogen-bond donors (Lipinski definition) is 1. The van der Waals surface area contributed by atoms with E-state index in [2.05, 4.69) is 13.6 Å². The minimum absolute atomic E-state index is 0.0177. The van der Waals surface area contributed by atoms with Crippen LogP contribution in [0.1, 0.15) is 30.4 Å². The van der Waals surface area contributed by atoms with Gasteiger partial charge in [-0.3, -0.25) is 0 Å². The monoisotopic (exact) mass is 327 g/mol. The van der Waals surface area contributed by atoms with Gasteiger partial charge in [0.05, 0.1) is 37.7 Å². The summed E-state index contributed by atoms with van der Waals surface area (Å²) in [6, 6.07) is 4.19. The van der Waals surface area contributed by atoms with E-state index in [0.29, 0.717) is 17.7 Å². The van der Waals surface area contributed by atoms with E-state index in [1.807, 2.05) is 12.1 Å². The number of hydrogen-bond acceptors (Lipinski definition) is 3. The molecule has 4 nitrogen and oxygen atoms in total. The fourth-order valence-corrected chi connectivity index (χ4v) is 6.49. The Morgan fingerprint density at radius 3 is 3.08 bits per heavy atom. The second-order valence-corrected chi connectivity index (χ2v) is 8.45. The van der Waals surface area contributed by atoms with Crippen molar-refractivity contribution in [3.05, 3.63) is 35.9 Å². The summed E-state index contributed by atoms with van der Waals surface area (Å²) < 4.78 is 7.18. The molecule has 2 bridgehead atoms. The Morgan fingerprint density at radius 1 is 1.46 bits per heavy atom.